The maximum absolute atomic E-state index is 12.5. The molecule has 0 saturated heterocycles. The van der Waals surface area contributed by atoms with Crippen LogP contribution in [0.5, 0.6) is 0 Å². The van der Waals surface area contributed by atoms with E-state index in [4.69, 9.17) is 5.21 Å². The van der Waals surface area contributed by atoms with Crippen molar-refractivity contribution >= 4 is 17.9 Å². The van der Waals surface area contributed by atoms with Gasteiger partial charge in [0.2, 0.25) is 11.8 Å². The van der Waals surface area contributed by atoms with Crippen molar-refractivity contribution < 1.29 is 14.8 Å². The van der Waals surface area contributed by atoms with Crippen LogP contribution in [0, 0.1) is 31.6 Å². The Morgan fingerprint density at radius 2 is 1.89 bits per heavy atom. The van der Waals surface area contributed by atoms with Gasteiger partial charge in [-0.05, 0) is 55.9 Å². The Morgan fingerprint density at radius 3 is 2.42 bits per heavy atom. The van der Waals surface area contributed by atoms with Crippen molar-refractivity contribution in [3.05, 3.63) is 71.5 Å². The van der Waals surface area contributed by atoms with Crippen LogP contribution >= 0.6 is 0 Å². The maximum Gasteiger partial charge on any atom is 0.246 e. The molecule has 0 aliphatic carbocycles. The van der Waals surface area contributed by atoms with Gasteiger partial charge in [0.25, 0.3) is 0 Å². The number of aromatic nitrogens is 2. The SMILES string of the molecule is C=C(CNC(=O)[C@H](CC(C)C)[C@@H](C)C(=O)NO)NCc1ccccn1.CC/C=C\c1c(C)c[nH]c1C. The van der Waals surface area contributed by atoms with E-state index in [9.17, 15) is 9.59 Å². The van der Waals surface area contributed by atoms with Crippen LogP contribution in [-0.4, -0.2) is 33.5 Å². The highest BCUT2D eigenvalue weighted by Gasteiger charge is 2.30. The number of nitrogens with zero attached hydrogens (tertiary/aromatic N) is 1. The standard InChI is InChI=1S/C18H28N4O3.C10H15N/c1-12(2)9-16(14(4)17(23)22-25)18(24)21-10-13(3)20-11-15-7-5-6-8-19-15;1-4-5-6-10-8(2)7-11-9(10)3/h5-8,12,14,16,20,25H,3,9-11H2,1-2,4H3,(H,21,24)(H,22,23);5-7,11H,4H2,1-3H3/b;6-5-/t14-,16-;/m1./s1. The van der Waals surface area contributed by atoms with Crippen LogP contribution in [0.1, 0.15) is 63.1 Å². The van der Waals surface area contributed by atoms with Crippen molar-refractivity contribution in [2.45, 2.75) is 60.9 Å². The van der Waals surface area contributed by atoms with Crippen molar-refractivity contribution in [1.29, 1.82) is 0 Å². The second kappa shape index (κ2) is 16.3. The molecule has 2 aromatic rings. The molecule has 0 saturated carbocycles. The van der Waals surface area contributed by atoms with Gasteiger partial charge in [-0.15, -0.1) is 0 Å². The average Bonchev–Trinajstić information content (AvgIpc) is 3.19. The Kier molecular flexibility index (Phi) is 13.9. The topological polar surface area (TPSA) is 119 Å². The van der Waals surface area contributed by atoms with Gasteiger partial charge in [-0.3, -0.25) is 19.8 Å². The second-order valence-corrected chi connectivity index (χ2v) is 9.32. The fourth-order valence-electron chi connectivity index (χ4n) is 3.60. The molecule has 0 radical (unpaired) electrons. The van der Waals surface area contributed by atoms with E-state index in [1.54, 1.807) is 18.6 Å². The Balaban J connectivity index is 0.000000488. The fraction of sp³-hybridized carbons (Fsp3) is 0.464. The summed E-state index contributed by atoms with van der Waals surface area (Å²) in [5.41, 5.74) is 7.07. The van der Waals surface area contributed by atoms with E-state index < -0.39 is 17.7 Å². The molecule has 2 rings (SSSR count). The molecule has 2 heterocycles. The van der Waals surface area contributed by atoms with Crippen molar-refractivity contribution in [1.82, 2.24) is 26.1 Å². The van der Waals surface area contributed by atoms with Gasteiger partial charge < -0.3 is 15.6 Å². The van der Waals surface area contributed by atoms with Gasteiger partial charge in [-0.1, -0.05) is 52.5 Å². The Hall–Kier alpha value is -3.39. The maximum atomic E-state index is 12.5. The molecule has 2 atom stereocenters. The number of aromatic amines is 1. The fourth-order valence-corrected chi connectivity index (χ4v) is 3.60. The van der Waals surface area contributed by atoms with Crippen LogP contribution in [0.25, 0.3) is 6.08 Å². The van der Waals surface area contributed by atoms with E-state index in [-0.39, 0.29) is 18.4 Å². The lowest BCUT2D eigenvalue weighted by Gasteiger charge is -2.23. The lowest BCUT2D eigenvalue weighted by atomic mass is 9.85. The summed E-state index contributed by atoms with van der Waals surface area (Å²) in [7, 11) is 0. The summed E-state index contributed by atoms with van der Waals surface area (Å²) in [5.74, 6) is -1.69. The molecule has 0 spiro atoms. The summed E-state index contributed by atoms with van der Waals surface area (Å²) in [6, 6.07) is 5.64. The number of H-pyrrole nitrogens is 1. The molecular weight excluding hydrogens is 454 g/mol. The van der Waals surface area contributed by atoms with Crippen LogP contribution in [0.4, 0.5) is 0 Å². The summed E-state index contributed by atoms with van der Waals surface area (Å²) in [6.07, 6.45) is 9.78. The van der Waals surface area contributed by atoms with Crippen LogP contribution in [0.2, 0.25) is 0 Å². The Labute approximate surface area is 215 Å². The van der Waals surface area contributed by atoms with Gasteiger partial charge in [0.1, 0.15) is 0 Å². The molecule has 0 unspecified atom stereocenters. The van der Waals surface area contributed by atoms with E-state index in [0.717, 1.165) is 12.1 Å². The molecule has 0 bridgehead atoms. The van der Waals surface area contributed by atoms with E-state index >= 15 is 0 Å². The first-order valence-electron chi connectivity index (χ1n) is 12.4. The molecule has 2 amide bonds. The second-order valence-electron chi connectivity index (χ2n) is 9.32. The first-order chi connectivity index (χ1) is 17.1. The van der Waals surface area contributed by atoms with Gasteiger partial charge in [-0.2, -0.15) is 0 Å². The molecule has 2 aromatic heterocycles. The number of carbonyl (C=O) groups is 2. The number of rotatable bonds is 12. The molecule has 0 fully saturated rings. The number of allylic oxidation sites excluding steroid dienone is 1. The normalized spacial score (nSPS) is 12.4. The molecular formula is C28H43N5O3. The van der Waals surface area contributed by atoms with E-state index in [1.807, 2.05) is 38.2 Å². The van der Waals surface area contributed by atoms with E-state index in [1.165, 1.54) is 16.8 Å². The minimum atomic E-state index is -0.623. The lowest BCUT2D eigenvalue weighted by molar-refractivity contribution is -0.140. The number of hydroxylamine groups is 1. The van der Waals surface area contributed by atoms with Crippen molar-refractivity contribution in [2.75, 3.05) is 6.54 Å². The van der Waals surface area contributed by atoms with Crippen LogP contribution in [0.3, 0.4) is 0 Å². The third-order valence-corrected chi connectivity index (χ3v) is 5.77. The molecule has 36 heavy (non-hydrogen) atoms. The minimum Gasteiger partial charge on any atom is -0.382 e. The third kappa shape index (κ3) is 10.9. The van der Waals surface area contributed by atoms with Crippen molar-refractivity contribution in [2.24, 2.45) is 17.8 Å². The van der Waals surface area contributed by atoms with Gasteiger partial charge in [-0.25, -0.2) is 5.48 Å². The van der Waals surface area contributed by atoms with Gasteiger partial charge in [0, 0.05) is 35.6 Å². The zero-order chi connectivity index (χ0) is 27.1. The number of pyridine rings is 1. The summed E-state index contributed by atoms with van der Waals surface area (Å²) >= 11 is 0. The number of nitrogens with one attached hydrogen (secondary N) is 4. The van der Waals surface area contributed by atoms with E-state index in [2.05, 4.69) is 60.1 Å². The number of aryl methyl sites for hydroxylation is 2. The van der Waals surface area contributed by atoms with Gasteiger partial charge >= 0.3 is 0 Å². The van der Waals surface area contributed by atoms with E-state index in [0.29, 0.717) is 18.7 Å². The number of hydrogen-bond donors (Lipinski definition) is 5. The third-order valence-electron chi connectivity index (χ3n) is 5.77. The van der Waals surface area contributed by atoms with Crippen LogP contribution in [-0.2, 0) is 16.1 Å². The first-order valence-corrected chi connectivity index (χ1v) is 12.4. The first kappa shape index (κ1) is 30.6. The predicted molar refractivity (Wildman–Crippen MR) is 145 cm³/mol. The average molecular weight is 498 g/mol. The smallest absolute Gasteiger partial charge is 0.246 e. The number of carbonyl (C=O) groups excluding carboxylic acids is 2. The molecule has 198 valence electrons. The monoisotopic (exact) mass is 497 g/mol. The van der Waals surface area contributed by atoms with Crippen LogP contribution in [0.15, 0.2) is 48.9 Å². The molecule has 8 nitrogen and oxygen atoms in total. The molecule has 5 N–H and O–H groups in total. The van der Waals surface area contributed by atoms with Crippen LogP contribution < -0.4 is 16.1 Å². The number of hydrogen-bond acceptors (Lipinski definition) is 5. The van der Waals surface area contributed by atoms with Crippen molar-refractivity contribution in [3.63, 3.8) is 0 Å². The molecule has 8 heteroatoms. The van der Waals surface area contributed by atoms with Crippen molar-refractivity contribution in [3.8, 4) is 0 Å². The summed E-state index contributed by atoms with van der Waals surface area (Å²) < 4.78 is 0. The zero-order valence-corrected chi connectivity index (χ0v) is 22.5. The lowest BCUT2D eigenvalue weighted by Crippen LogP contribution is -2.42. The number of amides is 2. The quantitative estimate of drug-likeness (QED) is 0.216. The highest BCUT2D eigenvalue weighted by molar-refractivity contribution is 5.87. The molecule has 0 aliphatic heterocycles. The highest BCUT2D eigenvalue weighted by atomic mass is 16.5. The summed E-state index contributed by atoms with van der Waals surface area (Å²) in [4.78, 5) is 31.5. The summed E-state index contributed by atoms with van der Waals surface area (Å²) in [5, 5.41) is 14.7. The highest BCUT2D eigenvalue weighted by Crippen LogP contribution is 2.21. The summed E-state index contributed by atoms with van der Waals surface area (Å²) in [6.45, 7) is 16.6. The molecule has 0 aliphatic rings. The van der Waals surface area contributed by atoms with Gasteiger partial charge in [0.05, 0.1) is 18.8 Å². The Bertz CT molecular complexity index is 963. The minimum absolute atomic E-state index is 0.231. The zero-order valence-electron chi connectivity index (χ0n) is 22.5. The van der Waals surface area contributed by atoms with Gasteiger partial charge in [0.15, 0.2) is 0 Å². The molecule has 0 aromatic carbocycles. The Morgan fingerprint density at radius 1 is 1.17 bits per heavy atom. The predicted octanol–water partition coefficient (Wildman–Crippen LogP) is 4.66. The largest absolute Gasteiger partial charge is 0.382 e.